The predicted octanol–water partition coefficient (Wildman–Crippen LogP) is 1.07. The van der Waals surface area contributed by atoms with Crippen LogP contribution >= 0.6 is 0 Å². The van der Waals surface area contributed by atoms with Crippen LogP contribution in [-0.4, -0.2) is 30.6 Å². The number of nitrogens with zero attached hydrogens (tertiary/aromatic N) is 1. The molecule has 0 aromatic carbocycles. The first-order chi connectivity index (χ1) is 5.27. The Morgan fingerprint density at radius 1 is 1.55 bits per heavy atom. The summed E-state index contributed by atoms with van der Waals surface area (Å²) in [5, 5.41) is 0. The molecule has 0 saturated carbocycles. The van der Waals surface area contributed by atoms with Gasteiger partial charge in [-0.05, 0) is 31.8 Å². The van der Waals surface area contributed by atoms with E-state index in [0.717, 1.165) is 19.0 Å². The van der Waals surface area contributed by atoms with Crippen molar-refractivity contribution in [1.29, 1.82) is 0 Å². The number of likely N-dealkylation sites (N-methyl/N-ethyl adjacent to an activating group) is 1. The standard InChI is InChI=1S/C9H20N2/c1-3-11-5-4-8(2)6-9(11)7-10/h8-9H,3-7,10H2,1-2H3/t8-,9+/m1/s1. The highest BCUT2D eigenvalue weighted by molar-refractivity contribution is 4.79. The van der Waals surface area contributed by atoms with Crippen LogP contribution in [-0.2, 0) is 0 Å². The molecule has 66 valence electrons. The van der Waals surface area contributed by atoms with Crippen LogP contribution in [0.25, 0.3) is 0 Å². The Labute approximate surface area is 69.8 Å². The van der Waals surface area contributed by atoms with Gasteiger partial charge in [0.15, 0.2) is 0 Å². The van der Waals surface area contributed by atoms with Gasteiger partial charge in [0.1, 0.15) is 0 Å². The van der Waals surface area contributed by atoms with Crippen molar-refractivity contribution in [1.82, 2.24) is 4.90 Å². The van der Waals surface area contributed by atoms with Crippen LogP contribution in [0.1, 0.15) is 26.7 Å². The van der Waals surface area contributed by atoms with Crippen LogP contribution in [0.3, 0.4) is 0 Å². The Balaban J connectivity index is 2.41. The molecule has 2 heteroatoms. The van der Waals surface area contributed by atoms with Crippen molar-refractivity contribution in [3.63, 3.8) is 0 Å². The number of rotatable bonds is 2. The lowest BCUT2D eigenvalue weighted by Crippen LogP contribution is -2.45. The van der Waals surface area contributed by atoms with Gasteiger partial charge in [-0.1, -0.05) is 13.8 Å². The summed E-state index contributed by atoms with van der Waals surface area (Å²) in [5.74, 6) is 0.881. The fraction of sp³-hybridized carbons (Fsp3) is 1.00. The van der Waals surface area contributed by atoms with Gasteiger partial charge >= 0.3 is 0 Å². The third-order valence-electron chi connectivity index (χ3n) is 2.78. The molecule has 1 aliphatic rings. The van der Waals surface area contributed by atoms with Crippen molar-refractivity contribution in [3.8, 4) is 0 Å². The van der Waals surface area contributed by atoms with Crippen LogP contribution in [0, 0.1) is 5.92 Å². The van der Waals surface area contributed by atoms with E-state index in [4.69, 9.17) is 5.73 Å². The van der Waals surface area contributed by atoms with Crippen LogP contribution < -0.4 is 5.73 Å². The molecule has 1 aliphatic heterocycles. The van der Waals surface area contributed by atoms with E-state index in [1.54, 1.807) is 0 Å². The monoisotopic (exact) mass is 156 g/mol. The van der Waals surface area contributed by atoms with E-state index < -0.39 is 0 Å². The molecule has 0 radical (unpaired) electrons. The Morgan fingerprint density at radius 3 is 2.82 bits per heavy atom. The Bertz CT molecular complexity index is 114. The topological polar surface area (TPSA) is 29.3 Å². The molecule has 0 bridgehead atoms. The SMILES string of the molecule is CCN1CC[C@@H](C)C[C@H]1CN. The van der Waals surface area contributed by atoms with E-state index in [-0.39, 0.29) is 0 Å². The third kappa shape index (κ3) is 2.17. The first-order valence-corrected chi connectivity index (χ1v) is 4.72. The zero-order valence-electron chi connectivity index (χ0n) is 7.71. The quantitative estimate of drug-likeness (QED) is 0.648. The maximum atomic E-state index is 5.69. The smallest absolute Gasteiger partial charge is 0.0220 e. The van der Waals surface area contributed by atoms with Gasteiger partial charge in [0.2, 0.25) is 0 Å². The molecule has 0 aromatic heterocycles. The van der Waals surface area contributed by atoms with E-state index in [2.05, 4.69) is 18.7 Å². The Hall–Kier alpha value is -0.0800. The second kappa shape index (κ2) is 4.07. The van der Waals surface area contributed by atoms with Crippen LogP contribution in [0.5, 0.6) is 0 Å². The highest BCUT2D eigenvalue weighted by Gasteiger charge is 2.23. The summed E-state index contributed by atoms with van der Waals surface area (Å²) in [7, 11) is 0. The molecular weight excluding hydrogens is 136 g/mol. The van der Waals surface area contributed by atoms with Gasteiger partial charge in [-0.25, -0.2) is 0 Å². The van der Waals surface area contributed by atoms with Gasteiger partial charge in [0.05, 0.1) is 0 Å². The molecule has 0 spiro atoms. The molecule has 1 fully saturated rings. The van der Waals surface area contributed by atoms with Crippen molar-refractivity contribution in [2.75, 3.05) is 19.6 Å². The minimum atomic E-state index is 0.656. The van der Waals surface area contributed by atoms with Crippen molar-refractivity contribution in [2.45, 2.75) is 32.7 Å². The molecule has 2 N–H and O–H groups in total. The van der Waals surface area contributed by atoms with Gasteiger partial charge in [0, 0.05) is 12.6 Å². The minimum Gasteiger partial charge on any atom is -0.329 e. The normalized spacial score (nSPS) is 34.1. The molecule has 1 rings (SSSR count). The Morgan fingerprint density at radius 2 is 2.27 bits per heavy atom. The van der Waals surface area contributed by atoms with Crippen LogP contribution in [0.4, 0.5) is 0 Å². The fourth-order valence-electron chi connectivity index (χ4n) is 1.96. The molecule has 2 nitrogen and oxygen atoms in total. The number of hydrogen-bond acceptors (Lipinski definition) is 2. The second-order valence-corrected chi connectivity index (χ2v) is 3.65. The average Bonchev–Trinajstić information content (AvgIpc) is 2.04. The van der Waals surface area contributed by atoms with Crippen molar-refractivity contribution >= 4 is 0 Å². The largest absolute Gasteiger partial charge is 0.329 e. The molecule has 1 heterocycles. The molecule has 0 unspecified atom stereocenters. The van der Waals surface area contributed by atoms with Gasteiger partial charge in [0.25, 0.3) is 0 Å². The van der Waals surface area contributed by atoms with E-state index >= 15 is 0 Å². The number of nitrogens with two attached hydrogens (primary N) is 1. The maximum Gasteiger partial charge on any atom is 0.0220 e. The van der Waals surface area contributed by atoms with Crippen molar-refractivity contribution < 1.29 is 0 Å². The van der Waals surface area contributed by atoms with Gasteiger partial charge in [-0.2, -0.15) is 0 Å². The molecule has 0 aliphatic carbocycles. The maximum absolute atomic E-state index is 5.69. The Kier molecular flexibility index (Phi) is 3.34. The van der Waals surface area contributed by atoms with Crippen LogP contribution in [0.15, 0.2) is 0 Å². The zero-order valence-corrected chi connectivity index (χ0v) is 7.71. The summed E-state index contributed by atoms with van der Waals surface area (Å²) in [5.41, 5.74) is 5.69. The lowest BCUT2D eigenvalue weighted by atomic mass is 9.92. The number of likely N-dealkylation sites (tertiary alicyclic amines) is 1. The summed E-state index contributed by atoms with van der Waals surface area (Å²) in [6, 6.07) is 0.656. The number of piperidine rings is 1. The number of hydrogen-bond donors (Lipinski definition) is 1. The van der Waals surface area contributed by atoms with E-state index in [0.29, 0.717) is 6.04 Å². The summed E-state index contributed by atoms with van der Waals surface area (Å²) in [6.07, 6.45) is 2.65. The van der Waals surface area contributed by atoms with E-state index in [1.807, 2.05) is 0 Å². The summed E-state index contributed by atoms with van der Waals surface area (Å²) >= 11 is 0. The molecule has 1 saturated heterocycles. The van der Waals surface area contributed by atoms with Gasteiger partial charge < -0.3 is 5.73 Å². The molecule has 0 aromatic rings. The lowest BCUT2D eigenvalue weighted by Gasteiger charge is -2.37. The zero-order chi connectivity index (χ0) is 8.27. The van der Waals surface area contributed by atoms with Crippen molar-refractivity contribution in [2.24, 2.45) is 11.7 Å². The molecule has 2 atom stereocenters. The average molecular weight is 156 g/mol. The van der Waals surface area contributed by atoms with Crippen LogP contribution in [0.2, 0.25) is 0 Å². The molecular formula is C9H20N2. The minimum absolute atomic E-state index is 0.656. The van der Waals surface area contributed by atoms with Crippen molar-refractivity contribution in [3.05, 3.63) is 0 Å². The lowest BCUT2D eigenvalue weighted by molar-refractivity contribution is 0.129. The third-order valence-corrected chi connectivity index (χ3v) is 2.78. The highest BCUT2D eigenvalue weighted by Crippen LogP contribution is 2.20. The molecule has 11 heavy (non-hydrogen) atoms. The first-order valence-electron chi connectivity index (χ1n) is 4.72. The highest BCUT2D eigenvalue weighted by atomic mass is 15.2. The van der Waals surface area contributed by atoms with Gasteiger partial charge in [-0.3, -0.25) is 4.90 Å². The second-order valence-electron chi connectivity index (χ2n) is 3.65. The van der Waals surface area contributed by atoms with Gasteiger partial charge in [-0.15, -0.1) is 0 Å². The first kappa shape index (κ1) is 9.01. The molecule has 0 amide bonds. The van der Waals surface area contributed by atoms with E-state index in [1.165, 1.54) is 19.4 Å². The predicted molar refractivity (Wildman–Crippen MR) is 48.5 cm³/mol. The summed E-state index contributed by atoms with van der Waals surface area (Å²) in [4.78, 5) is 2.50. The summed E-state index contributed by atoms with van der Waals surface area (Å²) < 4.78 is 0. The fourth-order valence-corrected chi connectivity index (χ4v) is 1.96. The summed E-state index contributed by atoms with van der Waals surface area (Å²) in [6.45, 7) is 7.79. The van der Waals surface area contributed by atoms with E-state index in [9.17, 15) is 0 Å².